The minimum atomic E-state index is -4.59. The van der Waals surface area contributed by atoms with Crippen molar-refractivity contribution in [2.45, 2.75) is 43.9 Å². The number of pyridine rings is 1. The first-order valence-corrected chi connectivity index (χ1v) is 11.5. The molecule has 0 saturated heterocycles. The van der Waals surface area contributed by atoms with E-state index in [9.17, 15) is 22.4 Å². The van der Waals surface area contributed by atoms with Gasteiger partial charge in [0, 0.05) is 47.1 Å². The molecule has 1 aliphatic rings. The van der Waals surface area contributed by atoms with Crippen LogP contribution >= 0.6 is 11.6 Å². The van der Waals surface area contributed by atoms with Crippen LogP contribution in [-0.2, 0) is 6.18 Å². The molecule has 1 aromatic carbocycles. The van der Waals surface area contributed by atoms with Gasteiger partial charge >= 0.3 is 6.18 Å². The topological polar surface area (TPSA) is 91.8 Å². The SMILES string of the molecule is O=C(N[C@@H]1CCC[C@H](Nc2cc(C(F)(F)F)nc3ccc(Cl)cc23)C1)c1cnc(NCCF)nc1. The first kappa shape index (κ1) is 24.9. The maximum atomic E-state index is 13.4. The Hall–Kier alpha value is -3.21. The van der Waals surface area contributed by atoms with Gasteiger partial charge in [0.1, 0.15) is 12.4 Å². The number of aromatic nitrogens is 3. The minimum absolute atomic E-state index is 0.0748. The summed E-state index contributed by atoms with van der Waals surface area (Å²) in [5.74, 6) is -0.128. The largest absolute Gasteiger partial charge is 0.433 e. The lowest BCUT2D eigenvalue weighted by Gasteiger charge is -2.31. The van der Waals surface area contributed by atoms with Crippen molar-refractivity contribution in [3.63, 3.8) is 0 Å². The number of hydrogen-bond acceptors (Lipinski definition) is 6. The molecular weight excluding hydrogens is 488 g/mol. The van der Waals surface area contributed by atoms with Gasteiger partial charge in [-0.2, -0.15) is 13.2 Å². The number of hydrogen-bond donors (Lipinski definition) is 3. The standard InChI is InChI=1S/C23H23ClF4N6O/c24-14-4-5-18-17(8-14)19(10-20(34-18)23(26,27)28)32-15-2-1-3-16(9-15)33-21(35)13-11-30-22(31-12-13)29-7-6-25/h4-5,8,10-12,15-16H,1-3,6-7,9H2,(H,32,34)(H,33,35)(H,29,30,31)/t15-,16+/m0/s1. The van der Waals surface area contributed by atoms with Gasteiger partial charge in [-0.15, -0.1) is 0 Å². The predicted molar refractivity (Wildman–Crippen MR) is 125 cm³/mol. The van der Waals surface area contributed by atoms with Gasteiger partial charge in [-0.25, -0.2) is 19.3 Å². The number of nitrogens with one attached hydrogen (secondary N) is 3. The van der Waals surface area contributed by atoms with Gasteiger partial charge in [0.15, 0.2) is 0 Å². The molecule has 2 heterocycles. The summed E-state index contributed by atoms with van der Waals surface area (Å²) in [5, 5.41) is 9.73. The zero-order valence-electron chi connectivity index (χ0n) is 18.5. The highest BCUT2D eigenvalue weighted by Gasteiger charge is 2.34. The van der Waals surface area contributed by atoms with E-state index in [4.69, 9.17) is 11.6 Å². The number of rotatable bonds is 7. The lowest BCUT2D eigenvalue weighted by Crippen LogP contribution is -2.42. The van der Waals surface area contributed by atoms with Crippen LogP contribution in [-0.4, -0.2) is 46.2 Å². The third-order valence-electron chi connectivity index (χ3n) is 5.72. The van der Waals surface area contributed by atoms with Crippen LogP contribution in [0, 0.1) is 0 Å². The number of carbonyl (C=O) groups excluding carboxylic acids is 1. The second kappa shape index (κ2) is 10.6. The van der Waals surface area contributed by atoms with E-state index in [0.29, 0.717) is 22.5 Å². The summed E-state index contributed by atoms with van der Waals surface area (Å²) in [6, 6.07) is 5.19. The number of benzene rings is 1. The number of halogens is 5. The first-order valence-electron chi connectivity index (χ1n) is 11.1. The Balaban J connectivity index is 1.46. The van der Waals surface area contributed by atoms with Crippen LogP contribution in [0.2, 0.25) is 5.02 Å². The Morgan fingerprint density at radius 1 is 1.11 bits per heavy atom. The van der Waals surface area contributed by atoms with Crippen molar-refractivity contribution >= 4 is 40.0 Å². The molecule has 2 aromatic heterocycles. The number of anilines is 2. The molecule has 4 rings (SSSR count). The zero-order chi connectivity index (χ0) is 25.0. The van der Waals surface area contributed by atoms with Gasteiger partial charge in [0.25, 0.3) is 5.91 Å². The molecule has 186 valence electrons. The van der Waals surface area contributed by atoms with Crippen LogP contribution in [0.4, 0.5) is 29.2 Å². The molecule has 0 spiro atoms. The molecule has 1 aliphatic carbocycles. The maximum Gasteiger partial charge on any atom is 0.433 e. The molecule has 1 fully saturated rings. The molecule has 3 N–H and O–H groups in total. The summed E-state index contributed by atoms with van der Waals surface area (Å²) in [6.07, 6.45) is 0.885. The highest BCUT2D eigenvalue weighted by Crippen LogP contribution is 2.35. The third-order valence-corrected chi connectivity index (χ3v) is 5.96. The molecule has 1 amide bonds. The van der Waals surface area contributed by atoms with E-state index in [1.807, 2.05) is 0 Å². The van der Waals surface area contributed by atoms with Crippen LogP contribution in [0.25, 0.3) is 10.9 Å². The Bertz CT molecular complexity index is 1190. The Morgan fingerprint density at radius 3 is 2.57 bits per heavy atom. The average molecular weight is 511 g/mol. The van der Waals surface area contributed by atoms with E-state index < -0.39 is 18.5 Å². The van der Waals surface area contributed by atoms with Crippen molar-refractivity contribution in [2.75, 3.05) is 23.9 Å². The summed E-state index contributed by atoms with van der Waals surface area (Å²) in [7, 11) is 0. The van der Waals surface area contributed by atoms with Crippen LogP contribution in [0.5, 0.6) is 0 Å². The number of carbonyl (C=O) groups is 1. The summed E-state index contributed by atoms with van der Waals surface area (Å²) in [5.41, 5.74) is -0.237. The van der Waals surface area contributed by atoms with Crippen molar-refractivity contribution in [1.29, 1.82) is 0 Å². The van der Waals surface area contributed by atoms with E-state index in [1.165, 1.54) is 24.5 Å². The van der Waals surface area contributed by atoms with Gasteiger partial charge in [-0.3, -0.25) is 4.79 Å². The van der Waals surface area contributed by atoms with Gasteiger partial charge in [-0.05, 0) is 49.9 Å². The quantitative estimate of drug-likeness (QED) is 0.377. The first-order chi connectivity index (χ1) is 16.7. The number of alkyl halides is 4. The van der Waals surface area contributed by atoms with Gasteiger partial charge in [0.05, 0.1) is 11.1 Å². The van der Waals surface area contributed by atoms with Crippen molar-refractivity contribution in [3.8, 4) is 0 Å². The summed E-state index contributed by atoms with van der Waals surface area (Å²) in [4.78, 5) is 24.4. The van der Waals surface area contributed by atoms with Gasteiger partial charge in [0.2, 0.25) is 5.95 Å². The Morgan fingerprint density at radius 2 is 1.86 bits per heavy atom. The molecule has 1 saturated carbocycles. The zero-order valence-corrected chi connectivity index (χ0v) is 19.3. The van der Waals surface area contributed by atoms with E-state index in [1.54, 1.807) is 6.07 Å². The fourth-order valence-corrected chi connectivity index (χ4v) is 4.27. The molecule has 12 heteroatoms. The molecule has 0 aliphatic heterocycles. The number of fused-ring (bicyclic) bond motifs is 1. The highest BCUT2D eigenvalue weighted by atomic mass is 35.5. The average Bonchev–Trinajstić information content (AvgIpc) is 2.83. The smallest absolute Gasteiger partial charge is 0.382 e. The second-order valence-corrected chi connectivity index (χ2v) is 8.74. The molecule has 0 radical (unpaired) electrons. The lowest BCUT2D eigenvalue weighted by atomic mass is 9.90. The second-order valence-electron chi connectivity index (χ2n) is 8.30. The maximum absolute atomic E-state index is 13.4. The third kappa shape index (κ3) is 6.27. The molecular formula is C23H23ClF4N6O. The molecule has 2 atom stereocenters. The van der Waals surface area contributed by atoms with Crippen LogP contribution in [0.1, 0.15) is 41.7 Å². The van der Waals surface area contributed by atoms with Crippen molar-refractivity contribution in [3.05, 3.63) is 52.9 Å². The van der Waals surface area contributed by atoms with E-state index >= 15 is 0 Å². The van der Waals surface area contributed by atoms with Gasteiger partial charge in [-0.1, -0.05) is 11.6 Å². The molecule has 7 nitrogen and oxygen atoms in total. The summed E-state index contributed by atoms with van der Waals surface area (Å²) in [6.45, 7) is -0.492. The Kier molecular flexibility index (Phi) is 7.54. The summed E-state index contributed by atoms with van der Waals surface area (Å²) >= 11 is 6.08. The van der Waals surface area contributed by atoms with Crippen LogP contribution in [0.3, 0.4) is 0 Å². The number of amides is 1. The van der Waals surface area contributed by atoms with E-state index in [2.05, 4.69) is 30.9 Å². The number of nitrogens with zero attached hydrogens (tertiary/aromatic N) is 3. The normalized spacial score (nSPS) is 18.3. The van der Waals surface area contributed by atoms with Crippen molar-refractivity contribution in [1.82, 2.24) is 20.3 Å². The minimum Gasteiger partial charge on any atom is -0.382 e. The molecule has 0 unspecified atom stereocenters. The fourth-order valence-electron chi connectivity index (χ4n) is 4.10. The summed E-state index contributed by atoms with van der Waals surface area (Å²) < 4.78 is 52.5. The fraction of sp³-hybridized carbons (Fsp3) is 0.391. The molecule has 0 bridgehead atoms. The van der Waals surface area contributed by atoms with Crippen molar-refractivity contribution < 1.29 is 22.4 Å². The van der Waals surface area contributed by atoms with Crippen LogP contribution in [0.15, 0.2) is 36.7 Å². The highest BCUT2D eigenvalue weighted by molar-refractivity contribution is 6.31. The molecule has 35 heavy (non-hydrogen) atoms. The lowest BCUT2D eigenvalue weighted by molar-refractivity contribution is -0.140. The predicted octanol–water partition coefficient (Wildman–Crippen LogP) is 5.23. The van der Waals surface area contributed by atoms with E-state index in [0.717, 1.165) is 25.3 Å². The van der Waals surface area contributed by atoms with Gasteiger partial charge < -0.3 is 16.0 Å². The Labute approximate surface area is 203 Å². The van der Waals surface area contributed by atoms with Crippen molar-refractivity contribution in [2.24, 2.45) is 0 Å². The molecule has 3 aromatic rings. The van der Waals surface area contributed by atoms with Crippen LogP contribution < -0.4 is 16.0 Å². The monoisotopic (exact) mass is 510 g/mol. The van der Waals surface area contributed by atoms with E-state index in [-0.39, 0.29) is 41.6 Å².